The van der Waals surface area contributed by atoms with Crippen LogP contribution < -0.4 is 19.7 Å². The number of anilines is 1. The topological polar surface area (TPSA) is 74.6 Å². The maximum Gasteiger partial charge on any atom is 0.261 e. The van der Waals surface area contributed by atoms with Gasteiger partial charge in [0, 0.05) is 24.2 Å². The molecule has 0 bridgehead atoms. The molecule has 0 radical (unpaired) electrons. The van der Waals surface area contributed by atoms with Crippen LogP contribution in [-0.4, -0.2) is 38.3 Å². The van der Waals surface area contributed by atoms with Gasteiger partial charge in [-0.25, -0.2) is 0 Å². The zero-order valence-electron chi connectivity index (χ0n) is 17.4. The second-order valence-electron chi connectivity index (χ2n) is 7.65. The van der Waals surface area contributed by atoms with Crippen molar-refractivity contribution in [3.8, 4) is 17.6 Å². The van der Waals surface area contributed by atoms with Gasteiger partial charge in [-0.3, -0.25) is 4.79 Å². The van der Waals surface area contributed by atoms with Crippen molar-refractivity contribution < 1.29 is 14.3 Å². The van der Waals surface area contributed by atoms with E-state index in [0.717, 1.165) is 24.4 Å². The van der Waals surface area contributed by atoms with Gasteiger partial charge in [0.25, 0.3) is 5.91 Å². The molecule has 1 fully saturated rings. The molecule has 2 unspecified atom stereocenters. The number of amides is 1. The number of nitriles is 1. The Labute approximate surface area is 182 Å². The summed E-state index contributed by atoms with van der Waals surface area (Å²) in [7, 11) is 1.63. The molecule has 1 saturated heterocycles. The van der Waals surface area contributed by atoms with Crippen LogP contribution in [0.25, 0.3) is 0 Å². The van der Waals surface area contributed by atoms with E-state index in [1.165, 1.54) is 0 Å². The van der Waals surface area contributed by atoms with Crippen LogP contribution in [0.15, 0.2) is 42.5 Å². The summed E-state index contributed by atoms with van der Waals surface area (Å²) in [6.07, 6.45) is 0.121. The van der Waals surface area contributed by atoms with Gasteiger partial charge >= 0.3 is 0 Å². The quantitative estimate of drug-likeness (QED) is 0.722. The third kappa shape index (κ3) is 4.98. The van der Waals surface area contributed by atoms with Crippen molar-refractivity contribution in [1.29, 1.82) is 5.26 Å². The SMILES string of the molecule is COc1ccc(Cl)cc1N1CCC(NC(=O)C(Oc2ccccc2C#N)C(C)C)C1. The Morgan fingerprint density at radius 3 is 2.73 bits per heavy atom. The fourth-order valence-corrected chi connectivity index (χ4v) is 3.75. The molecule has 1 N–H and O–H groups in total. The average molecular weight is 428 g/mol. The number of ether oxygens (including phenoxy) is 2. The Balaban J connectivity index is 1.67. The number of hydrogen-bond donors (Lipinski definition) is 1. The van der Waals surface area contributed by atoms with Gasteiger partial charge in [0.1, 0.15) is 17.6 Å². The third-order valence-electron chi connectivity index (χ3n) is 5.14. The van der Waals surface area contributed by atoms with E-state index in [1.54, 1.807) is 37.4 Å². The standard InChI is InChI=1S/C23H26ClN3O3/c1-15(2)22(30-20-7-5-4-6-16(20)13-25)23(28)26-18-10-11-27(14-18)19-12-17(24)8-9-21(19)29-3/h4-9,12,15,18,22H,10-11,14H2,1-3H3,(H,26,28). The summed E-state index contributed by atoms with van der Waals surface area (Å²) in [6, 6.07) is 14.6. The lowest BCUT2D eigenvalue weighted by Gasteiger charge is -2.25. The van der Waals surface area contributed by atoms with Crippen molar-refractivity contribution in [3.05, 3.63) is 53.1 Å². The Morgan fingerprint density at radius 2 is 2.03 bits per heavy atom. The third-order valence-corrected chi connectivity index (χ3v) is 5.38. The molecule has 2 aromatic carbocycles. The first-order valence-electron chi connectivity index (χ1n) is 9.97. The molecule has 30 heavy (non-hydrogen) atoms. The van der Waals surface area contributed by atoms with Gasteiger partial charge in [-0.15, -0.1) is 0 Å². The molecule has 2 aromatic rings. The summed E-state index contributed by atoms with van der Waals surface area (Å²) < 4.78 is 11.4. The maximum absolute atomic E-state index is 13.0. The average Bonchev–Trinajstić information content (AvgIpc) is 3.20. The highest BCUT2D eigenvalue weighted by Gasteiger charge is 2.31. The minimum atomic E-state index is -0.686. The molecule has 1 aliphatic rings. The van der Waals surface area contributed by atoms with E-state index in [0.29, 0.717) is 22.9 Å². The lowest BCUT2D eigenvalue weighted by molar-refractivity contribution is -0.130. The summed E-state index contributed by atoms with van der Waals surface area (Å²) in [5, 5.41) is 13.0. The van der Waals surface area contributed by atoms with Gasteiger partial charge < -0.3 is 19.7 Å². The molecule has 0 aliphatic carbocycles. The molecule has 2 atom stereocenters. The summed E-state index contributed by atoms with van der Waals surface area (Å²) >= 11 is 6.16. The second-order valence-corrected chi connectivity index (χ2v) is 8.08. The van der Waals surface area contributed by atoms with Crippen LogP contribution in [0.1, 0.15) is 25.8 Å². The lowest BCUT2D eigenvalue weighted by atomic mass is 10.1. The predicted octanol–water partition coefficient (Wildman–Crippen LogP) is 4.02. The summed E-state index contributed by atoms with van der Waals surface area (Å²) in [4.78, 5) is 15.1. The van der Waals surface area contributed by atoms with Crippen molar-refractivity contribution in [3.63, 3.8) is 0 Å². The van der Waals surface area contributed by atoms with Crippen molar-refractivity contribution in [1.82, 2.24) is 5.32 Å². The molecule has 0 spiro atoms. The largest absolute Gasteiger partial charge is 0.495 e. The van der Waals surface area contributed by atoms with E-state index < -0.39 is 6.10 Å². The van der Waals surface area contributed by atoms with Crippen molar-refractivity contribution in [2.45, 2.75) is 32.4 Å². The number of halogens is 1. The number of rotatable bonds is 7. The van der Waals surface area contributed by atoms with Crippen LogP contribution >= 0.6 is 11.6 Å². The zero-order chi connectivity index (χ0) is 21.7. The minimum absolute atomic E-state index is 0.0164. The number of hydrogen-bond acceptors (Lipinski definition) is 5. The highest BCUT2D eigenvalue weighted by Crippen LogP contribution is 2.33. The normalized spacial score (nSPS) is 16.8. The monoisotopic (exact) mass is 427 g/mol. The Kier molecular flexibility index (Phi) is 7.07. The van der Waals surface area contributed by atoms with Gasteiger partial charge in [-0.05, 0) is 42.7 Å². The first-order chi connectivity index (χ1) is 14.4. The van der Waals surface area contributed by atoms with E-state index in [4.69, 9.17) is 21.1 Å². The van der Waals surface area contributed by atoms with E-state index in [-0.39, 0.29) is 17.9 Å². The first kappa shape index (κ1) is 21.8. The number of methoxy groups -OCH3 is 1. The van der Waals surface area contributed by atoms with Crippen LogP contribution in [0.4, 0.5) is 5.69 Å². The Bertz CT molecular complexity index is 942. The van der Waals surface area contributed by atoms with Crippen LogP contribution in [0.5, 0.6) is 11.5 Å². The predicted molar refractivity (Wildman–Crippen MR) is 117 cm³/mol. The van der Waals surface area contributed by atoms with Gasteiger partial charge in [0.2, 0.25) is 0 Å². The highest BCUT2D eigenvalue weighted by molar-refractivity contribution is 6.30. The van der Waals surface area contributed by atoms with E-state index in [2.05, 4.69) is 16.3 Å². The van der Waals surface area contributed by atoms with Gasteiger partial charge in [-0.2, -0.15) is 5.26 Å². The maximum atomic E-state index is 13.0. The molecular formula is C23H26ClN3O3. The fourth-order valence-electron chi connectivity index (χ4n) is 3.58. The Hall–Kier alpha value is -2.91. The summed E-state index contributed by atoms with van der Waals surface area (Å²) in [5.74, 6) is 0.943. The number of nitrogens with one attached hydrogen (secondary N) is 1. The molecular weight excluding hydrogens is 402 g/mol. The van der Waals surface area contributed by atoms with Gasteiger partial charge in [0.05, 0.1) is 18.4 Å². The van der Waals surface area contributed by atoms with E-state index >= 15 is 0 Å². The molecule has 158 valence electrons. The molecule has 1 amide bonds. The number of benzene rings is 2. The highest BCUT2D eigenvalue weighted by atomic mass is 35.5. The Morgan fingerprint density at radius 1 is 1.27 bits per heavy atom. The van der Waals surface area contributed by atoms with Crippen LogP contribution in [0.3, 0.4) is 0 Å². The molecule has 1 heterocycles. The smallest absolute Gasteiger partial charge is 0.261 e. The summed E-state index contributed by atoms with van der Waals surface area (Å²) in [5.41, 5.74) is 1.33. The molecule has 6 nitrogen and oxygen atoms in total. The molecule has 1 aliphatic heterocycles. The summed E-state index contributed by atoms with van der Waals surface area (Å²) in [6.45, 7) is 5.29. The van der Waals surface area contributed by atoms with Crippen LogP contribution in [0.2, 0.25) is 5.02 Å². The zero-order valence-corrected chi connectivity index (χ0v) is 18.1. The van der Waals surface area contributed by atoms with Crippen molar-refractivity contribution >= 4 is 23.2 Å². The number of para-hydroxylation sites is 1. The lowest BCUT2D eigenvalue weighted by Crippen LogP contribution is -2.47. The number of carbonyl (C=O) groups excluding carboxylic acids is 1. The van der Waals surface area contributed by atoms with Gasteiger partial charge in [0.15, 0.2) is 6.10 Å². The molecule has 0 aromatic heterocycles. The first-order valence-corrected chi connectivity index (χ1v) is 10.4. The molecule has 7 heteroatoms. The molecule has 3 rings (SSSR count). The van der Waals surface area contributed by atoms with Crippen molar-refractivity contribution in [2.24, 2.45) is 5.92 Å². The second kappa shape index (κ2) is 9.73. The molecule has 0 saturated carbocycles. The van der Waals surface area contributed by atoms with Gasteiger partial charge in [-0.1, -0.05) is 37.6 Å². The fraction of sp³-hybridized carbons (Fsp3) is 0.391. The van der Waals surface area contributed by atoms with Crippen molar-refractivity contribution in [2.75, 3.05) is 25.1 Å². The van der Waals surface area contributed by atoms with Crippen LogP contribution in [-0.2, 0) is 4.79 Å². The number of nitrogens with zero attached hydrogens (tertiary/aromatic N) is 2. The van der Waals surface area contributed by atoms with E-state index in [9.17, 15) is 10.1 Å². The minimum Gasteiger partial charge on any atom is -0.495 e. The van der Waals surface area contributed by atoms with E-state index in [1.807, 2.05) is 26.0 Å². The van der Waals surface area contributed by atoms with Crippen LogP contribution in [0, 0.1) is 17.2 Å². The number of carbonyl (C=O) groups is 1.